The van der Waals surface area contributed by atoms with E-state index in [2.05, 4.69) is 34.4 Å². The molecule has 0 aliphatic rings. The summed E-state index contributed by atoms with van der Waals surface area (Å²) in [6, 6.07) is 10.0. The molecule has 2 aromatic rings. The number of hydrogen-bond donors (Lipinski definition) is 2. The Labute approximate surface area is 124 Å². The molecule has 0 radical (unpaired) electrons. The number of aryl methyl sites for hydroxylation is 1. The first-order valence-electron chi connectivity index (χ1n) is 6.63. The Kier molecular flexibility index (Phi) is 4.79. The Morgan fingerprint density at radius 3 is 2.40 bits per heavy atom. The van der Waals surface area contributed by atoms with Gasteiger partial charge in [-0.15, -0.1) is 0 Å². The van der Waals surface area contributed by atoms with Crippen molar-refractivity contribution in [1.82, 2.24) is 9.97 Å². The maximum atomic E-state index is 5.87. The molecule has 0 fully saturated rings. The Balaban J connectivity index is 2.05. The van der Waals surface area contributed by atoms with E-state index in [1.54, 1.807) is 0 Å². The molecule has 0 spiro atoms. The van der Waals surface area contributed by atoms with Crippen molar-refractivity contribution in [2.24, 2.45) is 0 Å². The van der Waals surface area contributed by atoms with E-state index in [0.29, 0.717) is 12.6 Å². The molecule has 106 valence electrons. The van der Waals surface area contributed by atoms with Crippen LogP contribution < -0.4 is 10.6 Å². The Bertz CT molecular complexity index is 567. The normalized spacial score (nSPS) is 10.7. The molecule has 2 rings (SSSR count). The zero-order valence-electron chi connectivity index (χ0n) is 11.9. The number of nitrogens with one attached hydrogen (secondary N) is 2. The van der Waals surface area contributed by atoms with Crippen LogP contribution in [0.3, 0.4) is 0 Å². The summed E-state index contributed by atoms with van der Waals surface area (Å²) < 4.78 is 0. The topological polar surface area (TPSA) is 49.8 Å². The summed E-state index contributed by atoms with van der Waals surface area (Å²) in [5.41, 5.74) is 1.16. The molecule has 0 bridgehead atoms. The van der Waals surface area contributed by atoms with Gasteiger partial charge in [-0.3, -0.25) is 0 Å². The van der Waals surface area contributed by atoms with Crippen molar-refractivity contribution in [2.45, 2.75) is 33.4 Å². The van der Waals surface area contributed by atoms with Crippen LogP contribution in [0.25, 0.3) is 0 Å². The molecule has 4 nitrogen and oxygen atoms in total. The molecule has 0 aliphatic carbocycles. The minimum Gasteiger partial charge on any atom is -0.368 e. The van der Waals surface area contributed by atoms with E-state index in [1.807, 2.05) is 37.3 Å². The minimum atomic E-state index is 0.341. The third-order valence-corrected chi connectivity index (χ3v) is 2.91. The second kappa shape index (κ2) is 6.57. The van der Waals surface area contributed by atoms with Crippen molar-refractivity contribution in [3.8, 4) is 0 Å². The fourth-order valence-electron chi connectivity index (χ4n) is 1.82. The second-order valence-electron chi connectivity index (χ2n) is 4.96. The summed E-state index contributed by atoms with van der Waals surface area (Å²) in [5, 5.41) is 7.33. The van der Waals surface area contributed by atoms with Crippen LogP contribution in [0.15, 0.2) is 30.3 Å². The molecule has 0 saturated heterocycles. The number of rotatable bonds is 5. The fourth-order valence-corrected chi connectivity index (χ4v) is 1.95. The lowest BCUT2D eigenvalue weighted by atomic mass is 10.2. The third-order valence-electron chi connectivity index (χ3n) is 2.66. The van der Waals surface area contributed by atoms with Crippen molar-refractivity contribution in [3.05, 3.63) is 46.7 Å². The number of anilines is 2. The summed E-state index contributed by atoms with van der Waals surface area (Å²) >= 11 is 5.87. The summed E-state index contributed by atoms with van der Waals surface area (Å²) in [4.78, 5) is 8.75. The van der Waals surface area contributed by atoms with Crippen LogP contribution in [0.4, 0.5) is 11.6 Å². The summed E-state index contributed by atoms with van der Waals surface area (Å²) in [6.45, 7) is 6.75. The largest absolute Gasteiger partial charge is 0.368 e. The van der Waals surface area contributed by atoms with Crippen LogP contribution in [0.2, 0.25) is 5.02 Å². The van der Waals surface area contributed by atoms with Gasteiger partial charge in [-0.1, -0.05) is 23.7 Å². The predicted molar refractivity (Wildman–Crippen MR) is 84.3 cm³/mol. The molecule has 1 heterocycles. The fraction of sp³-hybridized carbons (Fsp3) is 0.333. The van der Waals surface area contributed by atoms with Crippen LogP contribution in [0, 0.1) is 6.92 Å². The summed E-state index contributed by atoms with van der Waals surface area (Å²) in [6.07, 6.45) is 0. The van der Waals surface area contributed by atoms with E-state index >= 15 is 0 Å². The van der Waals surface area contributed by atoms with Gasteiger partial charge in [-0.25, -0.2) is 9.97 Å². The predicted octanol–water partition coefficient (Wildman–Crippen LogP) is 3.87. The molecule has 2 N–H and O–H groups in total. The number of halogens is 1. The van der Waals surface area contributed by atoms with Gasteiger partial charge in [0.25, 0.3) is 0 Å². The molecular formula is C15H19ClN4. The molecule has 0 unspecified atom stereocenters. The van der Waals surface area contributed by atoms with Crippen LogP contribution >= 0.6 is 11.6 Å². The van der Waals surface area contributed by atoms with E-state index in [4.69, 9.17) is 11.6 Å². The lowest BCUT2D eigenvalue weighted by Gasteiger charge is -2.12. The maximum Gasteiger partial charge on any atom is 0.132 e. The van der Waals surface area contributed by atoms with Crippen molar-refractivity contribution in [3.63, 3.8) is 0 Å². The molecule has 0 aliphatic heterocycles. The van der Waals surface area contributed by atoms with Crippen molar-refractivity contribution < 1.29 is 0 Å². The monoisotopic (exact) mass is 290 g/mol. The quantitative estimate of drug-likeness (QED) is 0.877. The van der Waals surface area contributed by atoms with Gasteiger partial charge < -0.3 is 10.6 Å². The second-order valence-corrected chi connectivity index (χ2v) is 5.40. The van der Waals surface area contributed by atoms with Crippen LogP contribution in [-0.2, 0) is 6.54 Å². The van der Waals surface area contributed by atoms with Gasteiger partial charge in [0.15, 0.2) is 0 Å². The average molecular weight is 291 g/mol. The van der Waals surface area contributed by atoms with Gasteiger partial charge in [0.05, 0.1) is 0 Å². The molecule has 0 amide bonds. The molecule has 1 aromatic carbocycles. The highest BCUT2D eigenvalue weighted by Crippen LogP contribution is 2.14. The Morgan fingerprint density at radius 1 is 1.10 bits per heavy atom. The van der Waals surface area contributed by atoms with Crippen molar-refractivity contribution >= 4 is 23.2 Å². The molecule has 1 aromatic heterocycles. The Morgan fingerprint density at radius 2 is 1.75 bits per heavy atom. The van der Waals surface area contributed by atoms with E-state index in [9.17, 15) is 0 Å². The average Bonchev–Trinajstić information content (AvgIpc) is 2.36. The summed E-state index contributed by atoms with van der Waals surface area (Å²) in [7, 11) is 0. The van der Waals surface area contributed by atoms with Gasteiger partial charge in [0.2, 0.25) is 0 Å². The van der Waals surface area contributed by atoms with Crippen LogP contribution in [0.5, 0.6) is 0 Å². The zero-order valence-corrected chi connectivity index (χ0v) is 12.7. The number of hydrogen-bond acceptors (Lipinski definition) is 4. The zero-order chi connectivity index (χ0) is 14.5. The number of nitrogens with zero attached hydrogens (tertiary/aromatic N) is 2. The number of benzene rings is 1. The molecule has 5 heteroatoms. The first-order valence-corrected chi connectivity index (χ1v) is 7.01. The van der Waals surface area contributed by atoms with Crippen LogP contribution in [0.1, 0.15) is 25.2 Å². The molecule has 0 atom stereocenters. The van der Waals surface area contributed by atoms with E-state index in [0.717, 1.165) is 28.0 Å². The van der Waals surface area contributed by atoms with Gasteiger partial charge in [0.1, 0.15) is 17.5 Å². The van der Waals surface area contributed by atoms with Gasteiger partial charge in [-0.2, -0.15) is 0 Å². The standard InChI is InChI=1S/C15H19ClN4/c1-10(2)18-15-8-14(19-11(3)20-15)17-9-12-4-6-13(16)7-5-12/h4-8,10H,9H2,1-3H3,(H2,17,18,19,20). The highest BCUT2D eigenvalue weighted by molar-refractivity contribution is 6.30. The highest BCUT2D eigenvalue weighted by atomic mass is 35.5. The third kappa shape index (κ3) is 4.38. The van der Waals surface area contributed by atoms with Crippen LogP contribution in [-0.4, -0.2) is 16.0 Å². The molecule has 20 heavy (non-hydrogen) atoms. The van der Waals surface area contributed by atoms with E-state index in [-0.39, 0.29) is 0 Å². The van der Waals surface area contributed by atoms with Crippen molar-refractivity contribution in [2.75, 3.05) is 10.6 Å². The highest BCUT2D eigenvalue weighted by Gasteiger charge is 2.03. The van der Waals surface area contributed by atoms with E-state index in [1.165, 1.54) is 0 Å². The molecular weight excluding hydrogens is 272 g/mol. The lowest BCUT2D eigenvalue weighted by molar-refractivity contribution is 0.880. The van der Waals surface area contributed by atoms with Crippen molar-refractivity contribution in [1.29, 1.82) is 0 Å². The minimum absolute atomic E-state index is 0.341. The SMILES string of the molecule is Cc1nc(NCc2ccc(Cl)cc2)cc(NC(C)C)n1. The van der Waals surface area contributed by atoms with E-state index < -0.39 is 0 Å². The van der Waals surface area contributed by atoms with Gasteiger partial charge >= 0.3 is 0 Å². The first-order chi connectivity index (χ1) is 9.52. The summed E-state index contributed by atoms with van der Waals surface area (Å²) in [5.74, 6) is 2.40. The smallest absolute Gasteiger partial charge is 0.132 e. The lowest BCUT2D eigenvalue weighted by Crippen LogP contribution is -2.13. The first kappa shape index (κ1) is 14.6. The van der Waals surface area contributed by atoms with Gasteiger partial charge in [0, 0.05) is 23.7 Å². The number of aromatic nitrogens is 2. The maximum absolute atomic E-state index is 5.87. The Hall–Kier alpha value is -1.81. The molecule has 0 saturated carbocycles. The van der Waals surface area contributed by atoms with Gasteiger partial charge in [-0.05, 0) is 38.5 Å².